The zero-order valence-corrected chi connectivity index (χ0v) is 18.9. The smallest absolute Gasteiger partial charge is 0.267 e. The van der Waals surface area contributed by atoms with Crippen molar-refractivity contribution in [2.24, 2.45) is 0 Å². The number of benzene rings is 2. The topological polar surface area (TPSA) is 80.8 Å². The van der Waals surface area contributed by atoms with Crippen LogP contribution in [0.4, 0.5) is 0 Å². The van der Waals surface area contributed by atoms with Gasteiger partial charge in [-0.2, -0.15) is 0 Å². The average Bonchev–Trinajstić information content (AvgIpc) is 3.28. The predicted octanol–water partition coefficient (Wildman–Crippen LogP) is 3.06. The van der Waals surface area contributed by atoms with E-state index in [-0.39, 0.29) is 0 Å². The molecule has 0 atom stereocenters. The molecule has 174 valence electrons. The first kappa shape index (κ1) is 23.2. The second-order valence-electron chi connectivity index (χ2n) is 8.39. The number of morpholine rings is 1. The van der Waals surface area contributed by atoms with E-state index in [1.807, 2.05) is 12.1 Å². The summed E-state index contributed by atoms with van der Waals surface area (Å²) < 4.78 is 5.49. The molecule has 1 fully saturated rings. The molecule has 0 spiro atoms. The Bertz CT molecular complexity index is 1050. The summed E-state index contributed by atoms with van der Waals surface area (Å²) in [7, 11) is 0. The van der Waals surface area contributed by atoms with E-state index < -0.39 is 5.91 Å². The van der Waals surface area contributed by atoms with Crippen LogP contribution in [-0.4, -0.2) is 71.8 Å². The van der Waals surface area contributed by atoms with E-state index in [4.69, 9.17) is 9.94 Å². The summed E-state index contributed by atoms with van der Waals surface area (Å²) >= 11 is 0. The van der Waals surface area contributed by atoms with Crippen LogP contribution in [0.2, 0.25) is 0 Å². The minimum absolute atomic E-state index is 0.536. The zero-order valence-electron chi connectivity index (χ0n) is 18.9. The fourth-order valence-corrected chi connectivity index (χ4v) is 4.20. The van der Waals surface area contributed by atoms with Crippen molar-refractivity contribution in [1.29, 1.82) is 0 Å². The quantitative estimate of drug-likeness (QED) is 0.252. The van der Waals surface area contributed by atoms with Crippen LogP contribution in [0.15, 0.2) is 60.8 Å². The van der Waals surface area contributed by atoms with Gasteiger partial charge < -0.3 is 9.72 Å². The Balaban J connectivity index is 1.40. The first-order valence-electron chi connectivity index (χ1n) is 11.5. The second kappa shape index (κ2) is 11.8. The van der Waals surface area contributed by atoms with Gasteiger partial charge in [0.25, 0.3) is 5.91 Å². The number of aromatic amines is 1. The molecule has 3 aromatic rings. The van der Waals surface area contributed by atoms with Crippen molar-refractivity contribution >= 4 is 22.9 Å². The zero-order chi connectivity index (χ0) is 22.9. The maximum absolute atomic E-state index is 11.2. The Morgan fingerprint density at radius 3 is 2.70 bits per heavy atom. The summed E-state index contributed by atoms with van der Waals surface area (Å²) in [5.74, 6) is -0.536. The van der Waals surface area contributed by atoms with Gasteiger partial charge >= 0.3 is 0 Å². The number of ether oxygens (including phenoxy) is 1. The number of hydroxylamine groups is 1. The summed E-state index contributed by atoms with van der Waals surface area (Å²) in [6.45, 7) is 7.52. The highest BCUT2D eigenvalue weighted by atomic mass is 16.5. The lowest BCUT2D eigenvalue weighted by Crippen LogP contribution is -2.41. The van der Waals surface area contributed by atoms with Crippen molar-refractivity contribution in [1.82, 2.24) is 20.3 Å². The number of carbonyl (C=O) groups is 1. The maximum Gasteiger partial charge on any atom is 0.267 e. The molecule has 3 N–H and O–H groups in total. The minimum atomic E-state index is -0.536. The normalized spacial score (nSPS) is 15.0. The number of hydrogen-bond acceptors (Lipinski definition) is 5. The van der Waals surface area contributed by atoms with Crippen LogP contribution in [0.25, 0.3) is 17.0 Å². The van der Waals surface area contributed by atoms with E-state index in [1.165, 1.54) is 28.1 Å². The van der Waals surface area contributed by atoms with Gasteiger partial charge in [0, 0.05) is 62.4 Å². The van der Waals surface area contributed by atoms with Crippen molar-refractivity contribution in [2.45, 2.75) is 13.0 Å². The van der Waals surface area contributed by atoms with Gasteiger partial charge in [-0.25, -0.2) is 5.48 Å². The van der Waals surface area contributed by atoms with Crippen molar-refractivity contribution in [2.75, 3.05) is 45.9 Å². The highest BCUT2D eigenvalue weighted by Crippen LogP contribution is 2.19. The van der Waals surface area contributed by atoms with Crippen molar-refractivity contribution in [3.8, 4) is 0 Å². The Hall–Kier alpha value is -2.97. The lowest BCUT2D eigenvalue weighted by Gasteiger charge is -2.30. The molecule has 33 heavy (non-hydrogen) atoms. The first-order valence-corrected chi connectivity index (χ1v) is 11.5. The number of fused-ring (bicyclic) bond motifs is 1. The molecule has 1 aliphatic rings. The minimum Gasteiger partial charge on any atom is -0.379 e. The van der Waals surface area contributed by atoms with Crippen molar-refractivity contribution in [3.63, 3.8) is 0 Å². The number of amides is 1. The highest BCUT2D eigenvalue weighted by Gasteiger charge is 2.14. The molecule has 1 amide bonds. The third-order valence-corrected chi connectivity index (χ3v) is 6.13. The molecule has 1 aliphatic heterocycles. The SMILES string of the molecule is O=C(C=Cc1ccc(CN(CCc2c[nH]c3ccccc23)CCN2CCOCC2)cc1)NO. The van der Waals surface area contributed by atoms with Gasteiger partial charge in [-0.05, 0) is 35.3 Å². The molecule has 1 aromatic heterocycles. The number of para-hydroxylation sites is 1. The Morgan fingerprint density at radius 2 is 1.91 bits per heavy atom. The summed E-state index contributed by atoms with van der Waals surface area (Å²) in [6, 6.07) is 16.7. The third kappa shape index (κ3) is 6.76. The second-order valence-corrected chi connectivity index (χ2v) is 8.39. The van der Waals surface area contributed by atoms with Crippen LogP contribution in [0.1, 0.15) is 16.7 Å². The number of nitrogens with zero attached hydrogens (tertiary/aromatic N) is 2. The van der Waals surface area contributed by atoms with E-state index in [9.17, 15) is 4.79 Å². The molecular formula is C26H32N4O3. The van der Waals surface area contributed by atoms with Gasteiger partial charge in [-0.1, -0.05) is 42.5 Å². The van der Waals surface area contributed by atoms with Crippen LogP contribution < -0.4 is 5.48 Å². The van der Waals surface area contributed by atoms with Gasteiger partial charge in [0.1, 0.15) is 0 Å². The summed E-state index contributed by atoms with van der Waals surface area (Å²) in [6.07, 6.45) is 6.12. The molecule has 0 saturated carbocycles. The standard InChI is InChI=1S/C26H32N4O3/c31-26(28-32)10-9-21-5-7-22(8-6-21)20-30(14-13-29-15-17-33-18-16-29)12-11-23-19-27-25-4-2-1-3-24(23)25/h1-10,19,27,32H,11-18,20H2,(H,28,31). The van der Waals surface area contributed by atoms with Crippen molar-refractivity contribution in [3.05, 3.63) is 77.5 Å². The monoisotopic (exact) mass is 448 g/mol. The number of aromatic nitrogens is 1. The Morgan fingerprint density at radius 1 is 1.12 bits per heavy atom. The number of hydrogen-bond donors (Lipinski definition) is 3. The largest absolute Gasteiger partial charge is 0.379 e. The van der Waals surface area contributed by atoms with Gasteiger partial charge in [0.2, 0.25) is 0 Å². The summed E-state index contributed by atoms with van der Waals surface area (Å²) in [4.78, 5) is 19.6. The van der Waals surface area contributed by atoms with Crippen LogP contribution in [0.5, 0.6) is 0 Å². The molecule has 0 radical (unpaired) electrons. The van der Waals surface area contributed by atoms with Crippen LogP contribution in [0.3, 0.4) is 0 Å². The number of carbonyl (C=O) groups excluding carboxylic acids is 1. The van der Waals surface area contributed by atoms with Crippen LogP contribution >= 0.6 is 0 Å². The van der Waals surface area contributed by atoms with Crippen LogP contribution in [-0.2, 0) is 22.5 Å². The number of H-pyrrole nitrogens is 1. The highest BCUT2D eigenvalue weighted by molar-refractivity contribution is 5.90. The third-order valence-electron chi connectivity index (χ3n) is 6.13. The van der Waals surface area contributed by atoms with Gasteiger partial charge in [-0.3, -0.25) is 19.8 Å². The molecule has 0 bridgehead atoms. The Kier molecular flexibility index (Phi) is 8.27. The number of rotatable bonds is 10. The summed E-state index contributed by atoms with van der Waals surface area (Å²) in [5.41, 5.74) is 6.29. The lowest BCUT2D eigenvalue weighted by molar-refractivity contribution is -0.124. The number of nitrogens with one attached hydrogen (secondary N) is 2. The Labute approximate surface area is 194 Å². The van der Waals surface area contributed by atoms with Gasteiger partial charge in [0.05, 0.1) is 13.2 Å². The molecule has 2 aromatic carbocycles. The average molecular weight is 449 g/mol. The molecule has 1 saturated heterocycles. The predicted molar refractivity (Wildman–Crippen MR) is 130 cm³/mol. The van der Waals surface area contributed by atoms with E-state index >= 15 is 0 Å². The maximum atomic E-state index is 11.2. The van der Waals surface area contributed by atoms with E-state index in [2.05, 4.69) is 57.4 Å². The molecule has 4 rings (SSSR count). The molecule has 0 aliphatic carbocycles. The molecule has 2 heterocycles. The molecule has 7 heteroatoms. The van der Waals surface area contributed by atoms with E-state index in [1.54, 1.807) is 11.6 Å². The first-order chi connectivity index (χ1) is 16.2. The fourth-order valence-electron chi connectivity index (χ4n) is 4.20. The summed E-state index contributed by atoms with van der Waals surface area (Å²) in [5, 5.41) is 9.91. The van der Waals surface area contributed by atoms with E-state index in [0.717, 1.165) is 64.5 Å². The molecule has 7 nitrogen and oxygen atoms in total. The van der Waals surface area contributed by atoms with Gasteiger partial charge in [-0.15, -0.1) is 0 Å². The lowest BCUT2D eigenvalue weighted by atomic mass is 10.1. The van der Waals surface area contributed by atoms with Gasteiger partial charge in [0.15, 0.2) is 0 Å². The van der Waals surface area contributed by atoms with E-state index in [0.29, 0.717) is 0 Å². The molecular weight excluding hydrogens is 416 g/mol. The van der Waals surface area contributed by atoms with Crippen LogP contribution in [0, 0.1) is 0 Å². The fraction of sp³-hybridized carbons (Fsp3) is 0.346. The molecule has 0 unspecified atom stereocenters. The van der Waals surface area contributed by atoms with Crippen molar-refractivity contribution < 1.29 is 14.7 Å².